The van der Waals surface area contributed by atoms with Crippen molar-refractivity contribution in [3.63, 3.8) is 0 Å². The summed E-state index contributed by atoms with van der Waals surface area (Å²) in [5, 5.41) is 27.9. The molecule has 1 saturated carbocycles. The largest absolute Gasteiger partial charge is 0.394 e. The van der Waals surface area contributed by atoms with E-state index in [9.17, 15) is 10.2 Å². The lowest BCUT2D eigenvalue weighted by atomic mass is 9.90. The van der Waals surface area contributed by atoms with E-state index in [4.69, 9.17) is 9.84 Å². The summed E-state index contributed by atoms with van der Waals surface area (Å²) in [7, 11) is 0. The predicted octanol–water partition coefficient (Wildman–Crippen LogP) is -0.527. The first-order chi connectivity index (χ1) is 6.22. The van der Waals surface area contributed by atoms with Crippen molar-refractivity contribution < 1.29 is 20.1 Å². The van der Waals surface area contributed by atoms with Gasteiger partial charge in [0.2, 0.25) is 0 Å². The molecule has 4 nitrogen and oxygen atoms in total. The van der Waals surface area contributed by atoms with Gasteiger partial charge in [-0.15, -0.1) is 0 Å². The maximum Gasteiger partial charge on any atom is 0.158 e. The molecule has 1 saturated heterocycles. The molecule has 76 valence electrons. The number of aliphatic hydroxyl groups excluding tert-OH is 3. The molecule has 2 aliphatic rings. The van der Waals surface area contributed by atoms with Gasteiger partial charge in [0.25, 0.3) is 0 Å². The number of rotatable bonds is 2. The summed E-state index contributed by atoms with van der Waals surface area (Å²) in [4.78, 5) is 0. The van der Waals surface area contributed by atoms with E-state index in [1.54, 1.807) is 0 Å². The van der Waals surface area contributed by atoms with Crippen LogP contribution in [-0.4, -0.2) is 40.4 Å². The Balaban J connectivity index is 1.94. The molecule has 0 bridgehead atoms. The van der Waals surface area contributed by atoms with E-state index in [0.717, 1.165) is 12.8 Å². The SMILES string of the molecule is OC[C@@H]1O[C@@H](O)C(C2CC2)C[C@H]1O. The minimum absolute atomic E-state index is 0.0674. The molecule has 2 rings (SSSR count). The fraction of sp³-hybridized carbons (Fsp3) is 1.00. The lowest BCUT2D eigenvalue weighted by molar-refractivity contribution is -0.238. The smallest absolute Gasteiger partial charge is 0.158 e. The van der Waals surface area contributed by atoms with E-state index in [2.05, 4.69) is 0 Å². The minimum Gasteiger partial charge on any atom is -0.394 e. The second kappa shape index (κ2) is 3.53. The molecule has 1 aliphatic carbocycles. The molecule has 1 heterocycles. The Hall–Kier alpha value is -0.160. The van der Waals surface area contributed by atoms with Gasteiger partial charge in [0.05, 0.1) is 12.7 Å². The maximum absolute atomic E-state index is 9.55. The van der Waals surface area contributed by atoms with Gasteiger partial charge in [-0.3, -0.25) is 0 Å². The van der Waals surface area contributed by atoms with Crippen LogP contribution in [-0.2, 0) is 4.74 Å². The van der Waals surface area contributed by atoms with Gasteiger partial charge in [0.15, 0.2) is 6.29 Å². The summed E-state index contributed by atoms with van der Waals surface area (Å²) in [5.41, 5.74) is 0. The zero-order valence-corrected chi connectivity index (χ0v) is 7.47. The van der Waals surface area contributed by atoms with Crippen LogP contribution in [0, 0.1) is 11.8 Å². The van der Waals surface area contributed by atoms with Crippen LogP contribution in [0.4, 0.5) is 0 Å². The summed E-state index contributed by atoms with van der Waals surface area (Å²) in [5.74, 6) is 0.585. The second-order valence-corrected chi connectivity index (χ2v) is 4.05. The quantitative estimate of drug-likeness (QED) is 0.545. The van der Waals surface area contributed by atoms with E-state index in [1.807, 2.05) is 0 Å². The van der Waals surface area contributed by atoms with Gasteiger partial charge in [0.1, 0.15) is 6.10 Å². The van der Waals surface area contributed by atoms with Gasteiger partial charge in [-0.05, 0) is 25.2 Å². The van der Waals surface area contributed by atoms with E-state index in [-0.39, 0.29) is 12.5 Å². The van der Waals surface area contributed by atoms with Crippen LogP contribution in [0.3, 0.4) is 0 Å². The predicted molar refractivity (Wildman–Crippen MR) is 44.8 cm³/mol. The number of hydrogen-bond acceptors (Lipinski definition) is 4. The molecule has 4 heteroatoms. The molecular formula is C9H16O4. The second-order valence-electron chi connectivity index (χ2n) is 4.05. The van der Waals surface area contributed by atoms with Gasteiger partial charge in [0, 0.05) is 5.92 Å². The highest BCUT2D eigenvalue weighted by molar-refractivity contribution is 4.89. The van der Waals surface area contributed by atoms with Gasteiger partial charge in [-0.1, -0.05) is 0 Å². The molecule has 0 amide bonds. The average Bonchev–Trinajstić information content (AvgIpc) is 2.91. The van der Waals surface area contributed by atoms with Crippen molar-refractivity contribution >= 4 is 0 Å². The Morgan fingerprint density at radius 3 is 2.46 bits per heavy atom. The zero-order valence-electron chi connectivity index (χ0n) is 7.47. The number of hydrogen-bond donors (Lipinski definition) is 3. The number of aliphatic hydroxyl groups is 3. The molecule has 0 aromatic heterocycles. The van der Waals surface area contributed by atoms with E-state index in [0.29, 0.717) is 12.3 Å². The average molecular weight is 188 g/mol. The maximum atomic E-state index is 9.55. The van der Waals surface area contributed by atoms with Crippen LogP contribution in [0.15, 0.2) is 0 Å². The van der Waals surface area contributed by atoms with Crippen molar-refractivity contribution in [3.8, 4) is 0 Å². The highest BCUT2D eigenvalue weighted by Gasteiger charge is 2.43. The Bertz CT molecular complexity index is 180. The van der Waals surface area contributed by atoms with Gasteiger partial charge in [-0.25, -0.2) is 0 Å². The summed E-state index contributed by atoms with van der Waals surface area (Å²) in [6, 6.07) is 0. The molecule has 0 aromatic carbocycles. The molecule has 0 aromatic rings. The van der Waals surface area contributed by atoms with Crippen LogP contribution in [0.5, 0.6) is 0 Å². The molecule has 4 atom stereocenters. The van der Waals surface area contributed by atoms with Crippen LogP contribution >= 0.6 is 0 Å². The fourth-order valence-corrected chi connectivity index (χ4v) is 2.03. The Kier molecular flexibility index (Phi) is 2.55. The third kappa shape index (κ3) is 1.86. The standard InChI is InChI=1S/C9H16O4/c10-4-8-7(11)3-6(5-1-2-5)9(12)13-8/h5-12H,1-4H2/t6?,7-,8+,9-/m1/s1. The summed E-state index contributed by atoms with van der Waals surface area (Å²) >= 11 is 0. The minimum atomic E-state index is -0.798. The molecule has 13 heavy (non-hydrogen) atoms. The monoisotopic (exact) mass is 188 g/mol. The van der Waals surface area contributed by atoms with Crippen LogP contribution in [0.1, 0.15) is 19.3 Å². The van der Waals surface area contributed by atoms with E-state index in [1.165, 1.54) is 0 Å². The van der Waals surface area contributed by atoms with Crippen LogP contribution < -0.4 is 0 Å². The Labute approximate surface area is 77.1 Å². The van der Waals surface area contributed by atoms with Crippen molar-refractivity contribution in [2.24, 2.45) is 11.8 Å². The van der Waals surface area contributed by atoms with Crippen molar-refractivity contribution in [2.45, 2.75) is 37.8 Å². The molecule has 1 unspecified atom stereocenters. The van der Waals surface area contributed by atoms with Gasteiger partial charge in [-0.2, -0.15) is 0 Å². The normalized spacial score (nSPS) is 46.4. The van der Waals surface area contributed by atoms with Crippen molar-refractivity contribution in [3.05, 3.63) is 0 Å². The van der Waals surface area contributed by atoms with Crippen molar-refractivity contribution in [1.29, 1.82) is 0 Å². The lowest BCUT2D eigenvalue weighted by Crippen LogP contribution is -2.46. The topological polar surface area (TPSA) is 69.9 Å². The summed E-state index contributed by atoms with van der Waals surface area (Å²) < 4.78 is 5.12. The first kappa shape index (κ1) is 9.40. The molecule has 3 N–H and O–H groups in total. The zero-order chi connectivity index (χ0) is 9.42. The van der Waals surface area contributed by atoms with Crippen molar-refractivity contribution in [1.82, 2.24) is 0 Å². The van der Waals surface area contributed by atoms with Crippen molar-refractivity contribution in [2.75, 3.05) is 6.61 Å². The highest BCUT2D eigenvalue weighted by atomic mass is 16.6. The Morgan fingerprint density at radius 1 is 1.23 bits per heavy atom. The van der Waals surface area contributed by atoms with E-state index < -0.39 is 18.5 Å². The van der Waals surface area contributed by atoms with Crippen LogP contribution in [0.25, 0.3) is 0 Å². The molecule has 0 spiro atoms. The molecule has 0 radical (unpaired) electrons. The van der Waals surface area contributed by atoms with E-state index >= 15 is 0 Å². The number of ether oxygens (including phenoxy) is 1. The van der Waals surface area contributed by atoms with Gasteiger partial charge >= 0.3 is 0 Å². The molecule has 1 aliphatic heterocycles. The third-order valence-corrected chi connectivity index (χ3v) is 3.03. The third-order valence-electron chi connectivity index (χ3n) is 3.03. The first-order valence-electron chi connectivity index (χ1n) is 4.85. The lowest BCUT2D eigenvalue weighted by Gasteiger charge is -2.36. The molecule has 2 fully saturated rings. The highest BCUT2D eigenvalue weighted by Crippen LogP contribution is 2.43. The summed E-state index contributed by atoms with van der Waals surface area (Å²) in [6.45, 7) is -0.227. The molecular weight excluding hydrogens is 172 g/mol. The summed E-state index contributed by atoms with van der Waals surface area (Å²) in [6.07, 6.45) is 0.775. The van der Waals surface area contributed by atoms with Gasteiger partial charge < -0.3 is 20.1 Å². The Morgan fingerprint density at radius 2 is 1.92 bits per heavy atom. The fourth-order valence-electron chi connectivity index (χ4n) is 2.03. The van der Waals surface area contributed by atoms with Crippen LogP contribution in [0.2, 0.25) is 0 Å². The first-order valence-corrected chi connectivity index (χ1v) is 4.85.